The van der Waals surface area contributed by atoms with Crippen molar-refractivity contribution in [1.82, 2.24) is 4.90 Å². The van der Waals surface area contributed by atoms with E-state index in [1.165, 1.54) is 11.1 Å². The first kappa shape index (κ1) is 15.2. The fourth-order valence-corrected chi connectivity index (χ4v) is 3.78. The number of hydrogen-bond acceptors (Lipinski definition) is 5. The van der Waals surface area contributed by atoms with Crippen molar-refractivity contribution in [2.75, 3.05) is 27.3 Å². The second kappa shape index (κ2) is 6.16. The minimum Gasteiger partial charge on any atom is -0.493 e. The first-order valence-corrected chi connectivity index (χ1v) is 7.91. The van der Waals surface area contributed by atoms with Crippen LogP contribution in [0.2, 0.25) is 0 Å². The molecule has 2 atom stereocenters. The number of fused-ring (bicyclic) bond motifs is 3. The quantitative estimate of drug-likeness (QED) is 0.689. The third kappa shape index (κ3) is 2.43. The van der Waals surface area contributed by atoms with Crippen molar-refractivity contribution in [2.24, 2.45) is 11.1 Å². The van der Waals surface area contributed by atoms with Gasteiger partial charge in [0.2, 0.25) is 0 Å². The van der Waals surface area contributed by atoms with E-state index < -0.39 is 0 Å². The number of nitrogens with zero attached hydrogens (tertiary/aromatic N) is 2. The number of benzene rings is 1. The van der Waals surface area contributed by atoms with Crippen molar-refractivity contribution in [1.29, 1.82) is 0 Å². The van der Waals surface area contributed by atoms with Gasteiger partial charge in [-0.25, -0.2) is 0 Å². The summed E-state index contributed by atoms with van der Waals surface area (Å²) in [6.45, 7) is 4.17. The van der Waals surface area contributed by atoms with Gasteiger partial charge in [-0.05, 0) is 36.1 Å². The lowest BCUT2D eigenvalue weighted by molar-refractivity contribution is 0.149. The minimum atomic E-state index is 0.275. The van der Waals surface area contributed by atoms with Crippen molar-refractivity contribution in [2.45, 2.75) is 32.2 Å². The Kier molecular flexibility index (Phi) is 4.25. The van der Waals surface area contributed by atoms with Crippen LogP contribution < -0.4 is 9.47 Å². The number of rotatable bonds is 3. The zero-order valence-electron chi connectivity index (χ0n) is 13.5. The fourth-order valence-electron chi connectivity index (χ4n) is 3.78. The Morgan fingerprint density at radius 3 is 2.64 bits per heavy atom. The third-order valence-corrected chi connectivity index (χ3v) is 5.06. The zero-order chi connectivity index (χ0) is 15.7. The van der Waals surface area contributed by atoms with Gasteiger partial charge in [0.05, 0.1) is 19.9 Å². The Balaban J connectivity index is 1.98. The van der Waals surface area contributed by atoms with Crippen LogP contribution in [0.1, 0.15) is 36.9 Å². The molecule has 5 nitrogen and oxygen atoms in total. The van der Waals surface area contributed by atoms with Gasteiger partial charge in [0.25, 0.3) is 0 Å². The molecular formula is C17H24N2O3. The summed E-state index contributed by atoms with van der Waals surface area (Å²) in [5, 5.41) is 12.9. The van der Waals surface area contributed by atoms with Crippen molar-refractivity contribution < 1.29 is 14.7 Å². The number of ether oxygens (including phenoxy) is 2. The third-order valence-electron chi connectivity index (χ3n) is 5.06. The highest BCUT2D eigenvalue weighted by atomic mass is 16.5. The molecule has 120 valence electrons. The maximum absolute atomic E-state index is 9.34. The summed E-state index contributed by atoms with van der Waals surface area (Å²) in [5.74, 6) is 1.92. The van der Waals surface area contributed by atoms with Crippen molar-refractivity contribution in [3.05, 3.63) is 23.3 Å². The highest BCUT2D eigenvalue weighted by molar-refractivity contribution is 5.88. The molecule has 5 heteroatoms. The zero-order valence-corrected chi connectivity index (χ0v) is 13.5. The molecule has 0 saturated carbocycles. The Morgan fingerprint density at radius 2 is 2.00 bits per heavy atom. The molecule has 0 spiro atoms. The van der Waals surface area contributed by atoms with E-state index in [0.29, 0.717) is 5.92 Å². The summed E-state index contributed by atoms with van der Waals surface area (Å²) in [6.07, 6.45) is 2.83. The molecule has 1 aromatic rings. The topological polar surface area (TPSA) is 54.3 Å². The second-order valence-corrected chi connectivity index (χ2v) is 6.07. The van der Waals surface area contributed by atoms with E-state index in [-0.39, 0.29) is 6.04 Å². The van der Waals surface area contributed by atoms with E-state index >= 15 is 0 Å². The molecule has 1 aromatic carbocycles. The van der Waals surface area contributed by atoms with Crippen LogP contribution in [0.3, 0.4) is 0 Å². The summed E-state index contributed by atoms with van der Waals surface area (Å²) in [5.41, 5.74) is 3.51. The summed E-state index contributed by atoms with van der Waals surface area (Å²) < 4.78 is 10.9. The molecule has 0 aromatic heterocycles. The molecule has 2 aliphatic heterocycles. The van der Waals surface area contributed by atoms with Crippen molar-refractivity contribution in [3.63, 3.8) is 0 Å². The van der Waals surface area contributed by atoms with Gasteiger partial charge in [0, 0.05) is 31.5 Å². The van der Waals surface area contributed by atoms with Gasteiger partial charge in [-0.15, -0.1) is 0 Å². The molecule has 2 aliphatic rings. The standard InChI is InChI=1S/C17H24N2O3/c1-4-11-10-19-6-5-12-7-16(21-2)17(22-3)8-13(12)15(19)9-14(11)18-20/h7-8,11,15,20H,4-6,9-10H2,1-3H3. The van der Waals surface area contributed by atoms with Gasteiger partial charge < -0.3 is 14.7 Å². The normalized spacial score (nSPS) is 26.4. The summed E-state index contributed by atoms with van der Waals surface area (Å²) in [4.78, 5) is 2.51. The summed E-state index contributed by atoms with van der Waals surface area (Å²) >= 11 is 0. The van der Waals surface area contributed by atoms with Crippen molar-refractivity contribution in [3.8, 4) is 11.5 Å². The van der Waals surface area contributed by atoms with Gasteiger partial charge >= 0.3 is 0 Å². The minimum absolute atomic E-state index is 0.275. The van der Waals surface area contributed by atoms with E-state index in [9.17, 15) is 5.21 Å². The van der Waals surface area contributed by atoms with Gasteiger partial charge in [0.15, 0.2) is 11.5 Å². The molecular weight excluding hydrogens is 280 g/mol. The largest absolute Gasteiger partial charge is 0.493 e. The average Bonchev–Trinajstić information content (AvgIpc) is 2.58. The smallest absolute Gasteiger partial charge is 0.161 e. The highest BCUT2D eigenvalue weighted by Gasteiger charge is 2.37. The average molecular weight is 304 g/mol. The Morgan fingerprint density at radius 1 is 1.27 bits per heavy atom. The van der Waals surface area contributed by atoms with Crippen LogP contribution in [-0.2, 0) is 6.42 Å². The Hall–Kier alpha value is -1.75. The van der Waals surface area contributed by atoms with Crippen LogP contribution in [0.15, 0.2) is 17.3 Å². The van der Waals surface area contributed by atoms with E-state index in [4.69, 9.17) is 9.47 Å². The van der Waals surface area contributed by atoms with Gasteiger partial charge in [-0.1, -0.05) is 12.1 Å². The van der Waals surface area contributed by atoms with E-state index in [1.54, 1.807) is 14.2 Å². The first-order chi connectivity index (χ1) is 10.7. The maximum Gasteiger partial charge on any atom is 0.161 e. The predicted octanol–water partition coefficient (Wildman–Crippen LogP) is 2.86. The molecule has 0 aliphatic carbocycles. The molecule has 1 saturated heterocycles. The highest BCUT2D eigenvalue weighted by Crippen LogP contribution is 2.42. The number of piperidine rings is 1. The Labute approximate surface area is 131 Å². The molecule has 22 heavy (non-hydrogen) atoms. The van der Waals surface area contributed by atoms with Crippen LogP contribution in [-0.4, -0.2) is 43.1 Å². The fraction of sp³-hybridized carbons (Fsp3) is 0.588. The Bertz CT molecular complexity index is 586. The van der Waals surface area contributed by atoms with E-state index in [0.717, 1.165) is 49.6 Å². The van der Waals surface area contributed by atoms with Crippen LogP contribution >= 0.6 is 0 Å². The number of methoxy groups -OCH3 is 2. The van der Waals surface area contributed by atoms with Crippen LogP contribution in [0.4, 0.5) is 0 Å². The van der Waals surface area contributed by atoms with Crippen molar-refractivity contribution >= 4 is 5.71 Å². The van der Waals surface area contributed by atoms with Crippen LogP contribution in [0.25, 0.3) is 0 Å². The second-order valence-electron chi connectivity index (χ2n) is 6.07. The molecule has 2 unspecified atom stereocenters. The molecule has 0 radical (unpaired) electrons. The maximum atomic E-state index is 9.34. The number of oxime groups is 1. The van der Waals surface area contributed by atoms with Gasteiger partial charge in [0.1, 0.15) is 0 Å². The molecule has 3 rings (SSSR count). The van der Waals surface area contributed by atoms with E-state index in [2.05, 4.69) is 29.1 Å². The predicted molar refractivity (Wildman–Crippen MR) is 85.2 cm³/mol. The molecule has 1 fully saturated rings. The lowest BCUT2D eigenvalue weighted by Gasteiger charge is -2.43. The molecule has 0 amide bonds. The molecule has 2 heterocycles. The van der Waals surface area contributed by atoms with Crippen LogP contribution in [0, 0.1) is 5.92 Å². The monoisotopic (exact) mass is 304 g/mol. The lowest BCUT2D eigenvalue weighted by Crippen LogP contribution is -2.46. The molecule has 0 bridgehead atoms. The van der Waals surface area contributed by atoms with Gasteiger partial charge in [-0.3, -0.25) is 4.90 Å². The summed E-state index contributed by atoms with van der Waals surface area (Å²) in [7, 11) is 3.34. The van der Waals surface area contributed by atoms with Gasteiger partial charge in [-0.2, -0.15) is 0 Å². The van der Waals surface area contributed by atoms with E-state index in [1.807, 2.05) is 0 Å². The SMILES string of the molecule is CCC1CN2CCc3cc(OC)c(OC)cc3C2CC1=NO. The molecule has 1 N–H and O–H groups in total. The number of hydrogen-bond donors (Lipinski definition) is 1. The van der Waals surface area contributed by atoms with Crippen LogP contribution in [0.5, 0.6) is 11.5 Å². The first-order valence-electron chi connectivity index (χ1n) is 7.91. The lowest BCUT2D eigenvalue weighted by atomic mass is 9.81. The summed E-state index contributed by atoms with van der Waals surface area (Å²) in [6, 6.07) is 4.46.